The Morgan fingerprint density at radius 2 is 1.83 bits per heavy atom. The summed E-state index contributed by atoms with van der Waals surface area (Å²) in [6.07, 6.45) is 11.8. The standard InChI is InChI=1S/C27H43NO2/c1-15-11-23(30)25-16(2)24-22(28(25)14-15)13-21-19-6-5-17-12-18(29)7-9-26(17,3)20(19)8-10-27(21,24)4/h5,15-16,18-25,29-30H,6-14H2,1-4H3/t15?,16-,18-,19+,20-,21-,22-,23-,24-,25-,26-,27-/m0/s1. The minimum absolute atomic E-state index is 0.106. The second-order valence-electron chi connectivity index (χ2n) is 13.0. The second-order valence-corrected chi connectivity index (χ2v) is 13.0. The molecule has 0 aromatic rings. The van der Waals surface area contributed by atoms with E-state index in [0.29, 0.717) is 34.7 Å². The van der Waals surface area contributed by atoms with Crippen LogP contribution in [0, 0.1) is 46.3 Å². The molecular weight excluding hydrogens is 370 g/mol. The molecule has 6 aliphatic rings. The molecule has 2 heterocycles. The first-order valence-electron chi connectivity index (χ1n) is 13.1. The molecule has 2 saturated heterocycles. The van der Waals surface area contributed by atoms with Crippen LogP contribution >= 0.6 is 0 Å². The lowest BCUT2D eigenvalue weighted by Crippen LogP contribution is -2.53. The number of piperidine rings is 1. The van der Waals surface area contributed by atoms with Crippen molar-refractivity contribution in [2.75, 3.05) is 6.54 Å². The molecule has 2 N–H and O–H groups in total. The summed E-state index contributed by atoms with van der Waals surface area (Å²) in [6.45, 7) is 11.2. The summed E-state index contributed by atoms with van der Waals surface area (Å²) in [7, 11) is 0. The van der Waals surface area contributed by atoms with Gasteiger partial charge in [0.15, 0.2) is 0 Å². The number of aliphatic hydroxyl groups is 2. The van der Waals surface area contributed by atoms with Gasteiger partial charge in [0.05, 0.1) is 12.2 Å². The van der Waals surface area contributed by atoms with Crippen LogP contribution in [0.4, 0.5) is 0 Å². The first-order chi connectivity index (χ1) is 14.2. The lowest BCUT2D eigenvalue weighted by molar-refractivity contribution is -0.0650. The molecule has 6 rings (SSSR count). The van der Waals surface area contributed by atoms with Gasteiger partial charge in [-0.25, -0.2) is 0 Å². The summed E-state index contributed by atoms with van der Waals surface area (Å²) in [4.78, 5) is 2.79. The summed E-state index contributed by atoms with van der Waals surface area (Å²) in [5.74, 6) is 4.50. The van der Waals surface area contributed by atoms with Crippen molar-refractivity contribution in [3.8, 4) is 0 Å². The largest absolute Gasteiger partial charge is 0.393 e. The van der Waals surface area contributed by atoms with Crippen LogP contribution in [-0.2, 0) is 0 Å². The van der Waals surface area contributed by atoms with Gasteiger partial charge >= 0.3 is 0 Å². The minimum atomic E-state index is -0.125. The molecule has 3 heteroatoms. The molecule has 3 saturated carbocycles. The van der Waals surface area contributed by atoms with Crippen molar-refractivity contribution in [2.24, 2.45) is 46.3 Å². The Bertz CT molecular complexity index is 749. The highest BCUT2D eigenvalue weighted by Crippen LogP contribution is 2.69. The maximum Gasteiger partial charge on any atom is 0.0701 e. The molecule has 0 amide bonds. The fraction of sp³-hybridized carbons (Fsp3) is 0.926. The van der Waals surface area contributed by atoms with Gasteiger partial charge in [-0.05, 0) is 97.7 Å². The van der Waals surface area contributed by atoms with Crippen LogP contribution in [0.3, 0.4) is 0 Å². The zero-order valence-corrected chi connectivity index (χ0v) is 19.6. The Hall–Kier alpha value is -0.380. The van der Waals surface area contributed by atoms with E-state index in [1.807, 2.05) is 0 Å². The molecule has 0 bridgehead atoms. The van der Waals surface area contributed by atoms with Gasteiger partial charge < -0.3 is 10.2 Å². The van der Waals surface area contributed by atoms with E-state index in [9.17, 15) is 10.2 Å². The van der Waals surface area contributed by atoms with Gasteiger partial charge in [-0.15, -0.1) is 0 Å². The van der Waals surface area contributed by atoms with E-state index in [0.717, 1.165) is 42.9 Å². The quantitative estimate of drug-likeness (QED) is 0.569. The maximum absolute atomic E-state index is 11.0. The van der Waals surface area contributed by atoms with Crippen molar-refractivity contribution in [1.82, 2.24) is 4.90 Å². The lowest BCUT2D eigenvalue weighted by atomic mass is 9.47. The molecule has 3 nitrogen and oxygen atoms in total. The molecule has 12 atom stereocenters. The molecule has 2 aliphatic heterocycles. The van der Waals surface area contributed by atoms with Crippen molar-refractivity contribution < 1.29 is 10.2 Å². The van der Waals surface area contributed by atoms with Crippen LogP contribution in [-0.4, -0.2) is 45.9 Å². The number of allylic oxidation sites excluding steroid dienone is 1. The molecule has 5 fully saturated rings. The first-order valence-corrected chi connectivity index (χ1v) is 13.1. The predicted molar refractivity (Wildman–Crippen MR) is 120 cm³/mol. The van der Waals surface area contributed by atoms with E-state index < -0.39 is 0 Å². The zero-order chi connectivity index (χ0) is 21.0. The highest BCUT2D eigenvalue weighted by molar-refractivity contribution is 5.27. The normalized spacial score (nSPS) is 60.1. The first kappa shape index (κ1) is 20.2. The van der Waals surface area contributed by atoms with Gasteiger partial charge in [-0.2, -0.15) is 0 Å². The molecule has 4 aliphatic carbocycles. The summed E-state index contributed by atoms with van der Waals surface area (Å²) in [5.41, 5.74) is 2.37. The molecular formula is C27H43NO2. The van der Waals surface area contributed by atoms with Crippen molar-refractivity contribution in [1.29, 1.82) is 0 Å². The maximum atomic E-state index is 11.0. The van der Waals surface area contributed by atoms with Gasteiger partial charge in [-0.3, -0.25) is 4.90 Å². The van der Waals surface area contributed by atoms with Crippen LogP contribution in [0.1, 0.15) is 79.1 Å². The molecule has 0 spiro atoms. The van der Waals surface area contributed by atoms with Gasteiger partial charge in [0.25, 0.3) is 0 Å². The smallest absolute Gasteiger partial charge is 0.0701 e. The number of nitrogens with zero attached hydrogens (tertiary/aromatic N) is 1. The third kappa shape index (κ3) is 2.49. The topological polar surface area (TPSA) is 43.7 Å². The van der Waals surface area contributed by atoms with E-state index >= 15 is 0 Å². The monoisotopic (exact) mass is 413 g/mol. The van der Waals surface area contributed by atoms with Crippen LogP contribution in [0.15, 0.2) is 11.6 Å². The lowest BCUT2D eigenvalue weighted by Gasteiger charge is -2.58. The number of fused-ring (bicyclic) bond motifs is 9. The van der Waals surface area contributed by atoms with Crippen molar-refractivity contribution >= 4 is 0 Å². The van der Waals surface area contributed by atoms with Gasteiger partial charge in [0.1, 0.15) is 0 Å². The summed E-state index contributed by atoms with van der Waals surface area (Å²) in [6, 6.07) is 1.10. The zero-order valence-electron chi connectivity index (χ0n) is 19.6. The SMILES string of the molecule is CC1C[C@H](O)[C@@H]2[C@@H](C)[C@H]3[C@H](C[C@H]4[C@@H]5CC=C6C[C@@H](O)CC[C@]6(C)[C@H]5CC[C@]34C)N2C1. The highest BCUT2D eigenvalue weighted by atomic mass is 16.3. The van der Waals surface area contributed by atoms with E-state index in [1.54, 1.807) is 5.57 Å². The third-order valence-corrected chi connectivity index (χ3v) is 11.7. The fourth-order valence-electron chi connectivity index (χ4n) is 10.5. The Morgan fingerprint density at radius 1 is 1.03 bits per heavy atom. The number of hydrogen-bond acceptors (Lipinski definition) is 3. The Kier molecular flexibility index (Phi) is 4.44. The van der Waals surface area contributed by atoms with Gasteiger partial charge in [-0.1, -0.05) is 39.3 Å². The Morgan fingerprint density at radius 3 is 2.63 bits per heavy atom. The van der Waals surface area contributed by atoms with Gasteiger partial charge in [0, 0.05) is 18.6 Å². The third-order valence-electron chi connectivity index (χ3n) is 11.7. The Labute approximate surface area is 183 Å². The molecule has 0 radical (unpaired) electrons. The van der Waals surface area contributed by atoms with E-state index in [2.05, 4.69) is 38.7 Å². The van der Waals surface area contributed by atoms with E-state index in [1.165, 1.54) is 38.6 Å². The van der Waals surface area contributed by atoms with Gasteiger partial charge in [0.2, 0.25) is 0 Å². The number of rotatable bonds is 0. The molecule has 1 unspecified atom stereocenters. The second kappa shape index (κ2) is 6.58. The summed E-state index contributed by atoms with van der Waals surface area (Å²) < 4.78 is 0. The Balaban J connectivity index is 1.33. The van der Waals surface area contributed by atoms with Crippen LogP contribution < -0.4 is 0 Å². The molecule has 168 valence electrons. The fourth-order valence-corrected chi connectivity index (χ4v) is 10.5. The van der Waals surface area contributed by atoms with Crippen LogP contribution in [0.25, 0.3) is 0 Å². The minimum Gasteiger partial charge on any atom is -0.393 e. The predicted octanol–water partition coefficient (Wildman–Crippen LogP) is 4.63. The van der Waals surface area contributed by atoms with Crippen molar-refractivity contribution in [3.05, 3.63) is 11.6 Å². The summed E-state index contributed by atoms with van der Waals surface area (Å²) >= 11 is 0. The average Bonchev–Trinajstić information content (AvgIpc) is 3.15. The highest BCUT2D eigenvalue weighted by Gasteiger charge is 2.67. The number of aliphatic hydroxyl groups excluding tert-OH is 2. The van der Waals surface area contributed by atoms with Crippen LogP contribution in [0.5, 0.6) is 0 Å². The molecule has 0 aromatic carbocycles. The van der Waals surface area contributed by atoms with E-state index in [-0.39, 0.29) is 12.2 Å². The molecule has 30 heavy (non-hydrogen) atoms. The average molecular weight is 414 g/mol. The summed E-state index contributed by atoms with van der Waals surface area (Å²) in [5, 5.41) is 21.2. The van der Waals surface area contributed by atoms with Crippen LogP contribution in [0.2, 0.25) is 0 Å². The van der Waals surface area contributed by atoms with Crippen molar-refractivity contribution in [2.45, 2.75) is 103 Å². The van der Waals surface area contributed by atoms with E-state index in [4.69, 9.17) is 0 Å². The number of hydrogen-bond donors (Lipinski definition) is 2. The van der Waals surface area contributed by atoms with Crippen molar-refractivity contribution in [3.63, 3.8) is 0 Å². The molecule has 0 aromatic heterocycles.